The molecule has 2 N–H and O–H groups in total. The van der Waals surface area contributed by atoms with Crippen molar-refractivity contribution >= 4 is 46.1 Å². The van der Waals surface area contributed by atoms with Crippen LogP contribution in [0.25, 0.3) is 11.0 Å². The lowest BCUT2D eigenvalue weighted by Crippen LogP contribution is -2.35. The van der Waals surface area contributed by atoms with Gasteiger partial charge in [0.1, 0.15) is 5.82 Å². The second kappa shape index (κ2) is 11.5. The molecular formula is C27H37N7O2S. The minimum absolute atomic E-state index is 0.0187. The first kappa shape index (κ1) is 26.9. The number of nitrogens with one attached hydrogen (secondary N) is 2. The maximum atomic E-state index is 12.9. The van der Waals surface area contributed by atoms with Crippen LogP contribution in [0.1, 0.15) is 45.2 Å². The number of aromatic nitrogens is 4. The highest BCUT2D eigenvalue weighted by Crippen LogP contribution is 2.28. The highest BCUT2D eigenvalue weighted by Gasteiger charge is 2.35. The number of fused-ring (bicyclic) bond motifs is 1. The van der Waals surface area contributed by atoms with Crippen LogP contribution >= 0.6 is 11.8 Å². The number of hydrogen-bond acceptors (Lipinski definition) is 7. The van der Waals surface area contributed by atoms with Crippen molar-refractivity contribution in [1.29, 1.82) is 0 Å². The molecule has 1 unspecified atom stereocenters. The Morgan fingerprint density at radius 2 is 1.95 bits per heavy atom. The zero-order chi connectivity index (χ0) is 26.7. The Morgan fingerprint density at radius 3 is 2.65 bits per heavy atom. The number of amides is 2. The minimum Gasteiger partial charge on any atom is -0.369 e. The van der Waals surface area contributed by atoms with Crippen LogP contribution in [-0.2, 0) is 16.1 Å². The van der Waals surface area contributed by atoms with E-state index in [1.54, 1.807) is 22.9 Å². The molecule has 1 atom stereocenters. The summed E-state index contributed by atoms with van der Waals surface area (Å²) in [4.78, 5) is 36.7. The van der Waals surface area contributed by atoms with Crippen LogP contribution in [0, 0.1) is 25.7 Å². The number of anilines is 2. The molecule has 4 rings (SSSR count). The maximum Gasteiger partial charge on any atom is 0.227 e. The van der Waals surface area contributed by atoms with Crippen molar-refractivity contribution < 1.29 is 9.59 Å². The van der Waals surface area contributed by atoms with Crippen LogP contribution in [0.5, 0.6) is 0 Å². The number of hydrogen-bond donors (Lipinski definition) is 2. The highest BCUT2D eigenvalue weighted by molar-refractivity contribution is 7.99. The molecular weight excluding hydrogens is 486 g/mol. The Morgan fingerprint density at radius 1 is 1.16 bits per heavy atom. The minimum atomic E-state index is -0.369. The molecule has 1 fully saturated rings. The van der Waals surface area contributed by atoms with Crippen LogP contribution in [0.4, 0.5) is 11.5 Å². The quantitative estimate of drug-likeness (QED) is 0.303. The lowest BCUT2D eigenvalue weighted by atomic mass is 10.1. The Balaban J connectivity index is 1.41. The zero-order valence-electron chi connectivity index (χ0n) is 22.5. The van der Waals surface area contributed by atoms with Crippen molar-refractivity contribution in [1.82, 2.24) is 25.1 Å². The number of aryl methyl sites for hydroxylation is 2. The summed E-state index contributed by atoms with van der Waals surface area (Å²) in [5.41, 5.74) is 3.91. The van der Waals surface area contributed by atoms with E-state index < -0.39 is 0 Å². The molecule has 1 aromatic carbocycles. The monoisotopic (exact) mass is 523 g/mol. The predicted octanol–water partition coefficient (Wildman–Crippen LogP) is 4.18. The van der Waals surface area contributed by atoms with Crippen molar-refractivity contribution in [2.45, 2.75) is 64.9 Å². The Kier molecular flexibility index (Phi) is 8.36. The third kappa shape index (κ3) is 6.41. The summed E-state index contributed by atoms with van der Waals surface area (Å²) >= 11 is 1.61. The molecule has 3 aromatic rings. The summed E-state index contributed by atoms with van der Waals surface area (Å²) in [6.45, 7) is 14.7. The smallest absolute Gasteiger partial charge is 0.227 e. The third-order valence-electron chi connectivity index (χ3n) is 6.42. The molecule has 3 heterocycles. The van der Waals surface area contributed by atoms with Gasteiger partial charge in [-0.25, -0.2) is 14.6 Å². The SMILES string of the molecule is Cc1ccc(N2CC(C(=O)NCCn3ncc4c(NCC(C)C)nc(SC(C)C)nc43)CC2=O)cc1C. The first-order chi connectivity index (χ1) is 17.6. The molecule has 2 amide bonds. The Bertz CT molecular complexity index is 1290. The van der Waals surface area contributed by atoms with Gasteiger partial charge in [-0.15, -0.1) is 0 Å². The van der Waals surface area contributed by atoms with Crippen LogP contribution in [0.15, 0.2) is 29.6 Å². The third-order valence-corrected chi connectivity index (χ3v) is 7.28. The summed E-state index contributed by atoms with van der Waals surface area (Å²) in [7, 11) is 0. The molecule has 2 aromatic heterocycles. The topological polar surface area (TPSA) is 105 Å². The summed E-state index contributed by atoms with van der Waals surface area (Å²) in [6, 6.07) is 5.97. The van der Waals surface area contributed by atoms with E-state index in [2.05, 4.69) is 43.4 Å². The van der Waals surface area contributed by atoms with E-state index in [9.17, 15) is 9.59 Å². The molecule has 1 aliphatic rings. The fraction of sp³-hybridized carbons (Fsp3) is 0.519. The molecule has 0 bridgehead atoms. The van der Waals surface area contributed by atoms with Gasteiger partial charge >= 0.3 is 0 Å². The molecule has 0 spiro atoms. The van der Waals surface area contributed by atoms with Gasteiger partial charge in [-0.3, -0.25) is 9.59 Å². The van der Waals surface area contributed by atoms with Gasteiger partial charge in [0.05, 0.1) is 24.0 Å². The largest absolute Gasteiger partial charge is 0.369 e. The van der Waals surface area contributed by atoms with Crippen molar-refractivity contribution in [2.24, 2.45) is 11.8 Å². The molecule has 37 heavy (non-hydrogen) atoms. The average Bonchev–Trinajstić information content (AvgIpc) is 3.42. The van der Waals surface area contributed by atoms with Gasteiger partial charge in [0.25, 0.3) is 0 Å². The second-order valence-electron chi connectivity index (χ2n) is 10.4. The maximum absolute atomic E-state index is 12.9. The van der Waals surface area contributed by atoms with Crippen molar-refractivity contribution in [3.63, 3.8) is 0 Å². The lowest BCUT2D eigenvalue weighted by Gasteiger charge is -2.18. The van der Waals surface area contributed by atoms with Crippen molar-refractivity contribution in [3.8, 4) is 0 Å². The van der Waals surface area contributed by atoms with E-state index in [-0.39, 0.29) is 24.2 Å². The molecule has 9 nitrogen and oxygen atoms in total. The van der Waals surface area contributed by atoms with Gasteiger partial charge in [0.15, 0.2) is 10.8 Å². The standard InChI is InChI=1S/C27H37N7O2S/c1-16(2)13-29-24-22-14-30-34(25(22)32-27(31-24)37-17(3)4)10-9-28-26(36)20-12-23(35)33(15-20)21-8-7-18(5)19(6)11-21/h7-8,11,14,16-17,20H,9-10,12-13,15H2,1-6H3,(H,28,36)(H,29,31,32). The van der Waals surface area contributed by atoms with Crippen LogP contribution in [0.3, 0.4) is 0 Å². The van der Waals surface area contributed by atoms with Crippen molar-refractivity contribution in [3.05, 3.63) is 35.5 Å². The summed E-state index contributed by atoms with van der Waals surface area (Å²) in [6.07, 6.45) is 2.00. The van der Waals surface area contributed by atoms with E-state index >= 15 is 0 Å². The molecule has 1 saturated heterocycles. The molecule has 0 radical (unpaired) electrons. The lowest BCUT2D eigenvalue weighted by molar-refractivity contribution is -0.126. The number of rotatable bonds is 10. The number of carbonyl (C=O) groups is 2. The summed E-state index contributed by atoms with van der Waals surface area (Å²) < 4.78 is 1.81. The molecule has 0 saturated carbocycles. The van der Waals surface area contributed by atoms with Crippen LogP contribution in [0.2, 0.25) is 0 Å². The molecule has 10 heteroatoms. The summed E-state index contributed by atoms with van der Waals surface area (Å²) in [5.74, 6) is 0.764. The number of nitrogens with zero attached hydrogens (tertiary/aromatic N) is 5. The van der Waals surface area contributed by atoms with Crippen molar-refractivity contribution in [2.75, 3.05) is 29.9 Å². The fourth-order valence-corrected chi connectivity index (χ4v) is 4.96. The molecule has 198 valence electrons. The molecule has 1 aliphatic heterocycles. The first-order valence-corrected chi connectivity index (χ1v) is 13.8. The average molecular weight is 524 g/mol. The number of carbonyl (C=O) groups excluding carboxylic acids is 2. The molecule has 0 aliphatic carbocycles. The Hall–Kier alpha value is -3.14. The Labute approximate surface area is 222 Å². The van der Waals surface area contributed by atoms with Crippen LogP contribution in [-0.4, -0.2) is 56.4 Å². The second-order valence-corrected chi connectivity index (χ2v) is 11.9. The van der Waals surface area contributed by atoms with E-state index in [0.29, 0.717) is 36.0 Å². The fourth-order valence-electron chi connectivity index (χ4n) is 4.25. The van der Waals surface area contributed by atoms with Gasteiger partial charge < -0.3 is 15.5 Å². The van der Waals surface area contributed by atoms with Gasteiger partial charge in [-0.2, -0.15) is 5.10 Å². The summed E-state index contributed by atoms with van der Waals surface area (Å²) in [5, 5.41) is 12.9. The van der Waals surface area contributed by atoms with Crippen LogP contribution < -0.4 is 15.5 Å². The number of benzene rings is 1. The van der Waals surface area contributed by atoms with E-state index in [4.69, 9.17) is 9.97 Å². The zero-order valence-corrected chi connectivity index (χ0v) is 23.4. The van der Waals surface area contributed by atoms with Gasteiger partial charge in [-0.1, -0.05) is 45.5 Å². The van der Waals surface area contributed by atoms with Gasteiger partial charge in [-0.05, 0) is 43.0 Å². The predicted molar refractivity (Wildman–Crippen MR) is 149 cm³/mol. The van der Waals surface area contributed by atoms with E-state index in [1.165, 1.54) is 5.56 Å². The van der Waals surface area contributed by atoms with E-state index in [0.717, 1.165) is 34.6 Å². The normalized spacial score (nSPS) is 15.8. The van der Waals surface area contributed by atoms with Gasteiger partial charge in [0.2, 0.25) is 11.8 Å². The highest BCUT2D eigenvalue weighted by atomic mass is 32.2. The van der Waals surface area contributed by atoms with E-state index in [1.807, 2.05) is 36.7 Å². The van der Waals surface area contributed by atoms with Gasteiger partial charge in [0, 0.05) is 37.0 Å². The first-order valence-electron chi connectivity index (χ1n) is 12.9. The number of thioether (sulfide) groups is 1.